The van der Waals surface area contributed by atoms with Crippen LogP contribution in [0.5, 0.6) is 5.75 Å². The van der Waals surface area contributed by atoms with Crippen LogP contribution in [0.2, 0.25) is 5.02 Å². The van der Waals surface area contributed by atoms with Gasteiger partial charge in [-0.05, 0) is 30.3 Å². The number of aromatic nitrogens is 3. The van der Waals surface area contributed by atoms with Crippen LogP contribution in [0.25, 0.3) is 0 Å². The van der Waals surface area contributed by atoms with Crippen molar-refractivity contribution >= 4 is 47.1 Å². The van der Waals surface area contributed by atoms with Gasteiger partial charge in [-0.2, -0.15) is 5.10 Å². The molecular weight excluding hydrogens is 414 g/mol. The number of nitrogens with one attached hydrogen (secondary N) is 2. The van der Waals surface area contributed by atoms with E-state index in [-0.39, 0.29) is 17.6 Å². The summed E-state index contributed by atoms with van der Waals surface area (Å²) in [4.78, 5) is 12.1. The fraction of sp³-hybridized carbons (Fsp3) is 0.111. The Morgan fingerprint density at radius 3 is 2.93 bits per heavy atom. The van der Waals surface area contributed by atoms with Gasteiger partial charge in [-0.25, -0.2) is 10.1 Å². The maximum absolute atomic E-state index is 12.1. The van der Waals surface area contributed by atoms with Gasteiger partial charge in [-0.1, -0.05) is 41.6 Å². The molecule has 0 atom stereocenters. The van der Waals surface area contributed by atoms with Crippen molar-refractivity contribution < 1.29 is 9.53 Å². The van der Waals surface area contributed by atoms with Crippen LogP contribution in [-0.4, -0.2) is 39.9 Å². The predicted molar refractivity (Wildman–Crippen MR) is 115 cm³/mol. The molecule has 1 heterocycles. The van der Waals surface area contributed by atoms with Crippen LogP contribution in [0.3, 0.4) is 0 Å². The fourth-order valence-corrected chi connectivity index (χ4v) is 3.12. The first kappa shape index (κ1) is 20.5. The molecular formula is C18H18ClN7O2S. The fourth-order valence-electron chi connectivity index (χ4n) is 2.28. The number of amides is 1. The second-order valence-corrected chi connectivity index (χ2v) is 7.01. The van der Waals surface area contributed by atoms with E-state index in [0.717, 1.165) is 17.3 Å². The van der Waals surface area contributed by atoms with Crippen LogP contribution < -0.4 is 21.3 Å². The minimum absolute atomic E-state index is 0.104. The topological polar surface area (TPSA) is 119 Å². The lowest BCUT2D eigenvalue weighted by Crippen LogP contribution is -2.16. The number of para-hydroxylation sites is 1. The van der Waals surface area contributed by atoms with Crippen molar-refractivity contribution in [2.45, 2.75) is 5.16 Å². The Morgan fingerprint density at radius 2 is 2.14 bits per heavy atom. The Hall–Kier alpha value is -3.24. The maximum atomic E-state index is 12.1. The van der Waals surface area contributed by atoms with Crippen LogP contribution in [0.15, 0.2) is 58.8 Å². The summed E-state index contributed by atoms with van der Waals surface area (Å²) in [5.74, 6) is 6.76. The van der Waals surface area contributed by atoms with Crippen molar-refractivity contribution in [1.82, 2.24) is 14.9 Å². The summed E-state index contributed by atoms with van der Waals surface area (Å²) in [6, 6.07) is 14.3. The van der Waals surface area contributed by atoms with Gasteiger partial charge in [0.1, 0.15) is 5.75 Å². The van der Waals surface area contributed by atoms with E-state index in [1.54, 1.807) is 37.6 Å². The van der Waals surface area contributed by atoms with E-state index in [0.29, 0.717) is 21.6 Å². The number of hydrogen-bond donors (Lipinski definition) is 3. The normalized spacial score (nSPS) is 10.8. The molecule has 0 aliphatic rings. The average molecular weight is 432 g/mol. The number of anilines is 2. The standard InChI is InChI=1S/C18H18ClN7O2S/c1-28-15-8-3-2-5-12(15)10-21-23-17-24-25-18(26(17)20)29-11-16(27)22-14-7-4-6-13(19)9-14/h2-10H,11,20H2,1H3,(H,22,27)(H,23,24)/b21-10+. The molecule has 3 aromatic rings. The van der Waals surface area contributed by atoms with Gasteiger partial charge in [0.05, 0.1) is 19.1 Å². The summed E-state index contributed by atoms with van der Waals surface area (Å²) in [6.07, 6.45) is 1.58. The molecule has 1 aromatic heterocycles. The first-order valence-electron chi connectivity index (χ1n) is 8.37. The third-order valence-corrected chi connectivity index (χ3v) is 4.79. The van der Waals surface area contributed by atoms with Gasteiger partial charge in [-0.15, -0.1) is 10.2 Å². The molecule has 150 valence electrons. The van der Waals surface area contributed by atoms with E-state index < -0.39 is 0 Å². The number of ether oxygens (including phenoxy) is 1. The molecule has 0 aliphatic carbocycles. The number of hydrazone groups is 1. The molecule has 0 aliphatic heterocycles. The Labute approximate surface area is 176 Å². The van der Waals surface area contributed by atoms with Crippen molar-refractivity contribution in [1.29, 1.82) is 0 Å². The van der Waals surface area contributed by atoms with Crippen LogP contribution >= 0.6 is 23.4 Å². The Morgan fingerprint density at radius 1 is 1.31 bits per heavy atom. The molecule has 0 fully saturated rings. The highest BCUT2D eigenvalue weighted by Crippen LogP contribution is 2.19. The van der Waals surface area contributed by atoms with Gasteiger partial charge < -0.3 is 15.9 Å². The number of carbonyl (C=O) groups is 1. The number of methoxy groups -OCH3 is 1. The molecule has 9 nitrogen and oxygen atoms in total. The van der Waals surface area contributed by atoms with Crippen LogP contribution in [0.1, 0.15) is 5.56 Å². The third kappa shape index (κ3) is 5.62. The highest BCUT2D eigenvalue weighted by Gasteiger charge is 2.12. The summed E-state index contributed by atoms with van der Waals surface area (Å²) < 4.78 is 6.47. The van der Waals surface area contributed by atoms with Crippen molar-refractivity contribution in [2.75, 3.05) is 29.4 Å². The van der Waals surface area contributed by atoms with Gasteiger partial charge in [0, 0.05) is 16.3 Å². The highest BCUT2D eigenvalue weighted by molar-refractivity contribution is 7.99. The van der Waals surface area contributed by atoms with E-state index in [9.17, 15) is 4.79 Å². The van der Waals surface area contributed by atoms with E-state index >= 15 is 0 Å². The van der Waals surface area contributed by atoms with E-state index in [2.05, 4.69) is 26.0 Å². The van der Waals surface area contributed by atoms with Crippen molar-refractivity contribution in [3.8, 4) is 5.75 Å². The SMILES string of the molecule is COc1ccccc1/C=N/Nc1nnc(SCC(=O)Nc2cccc(Cl)c2)n1N. The number of nitrogen functional groups attached to an aromatic ring is 1. The molecule has 0 saturated heterocycles. The molecule has 1 amide bonds. The van der Waals surface area contributed by atoms with Crippen LogP contribution in [0, 0.1) is 0 Å². The Bertz CT molecular complexity index is 1020. The first-order valence-corrected chi connectivity index (χ1v) is 9.74. The number of thioether (sulfide) groups is 1. The molecule has 4 N–H and O–H groups in total. The Balaban J connectivity index is 1.55. The van der Waals surface area contributed by atoms with Crippen LogP contribution in [-0.2, 0) is 4.79 Å². The number of nitrogens with two attached hydrogens (primary N) is 1. The number of carbonyl (C=O) groups excluding carboxylic acids is 1. The number of benzene rings is 2. The highest BCUT2D eigenvalue weighted by atomic mass is 35.5. The zero-order chi connectivity index (χ0) is 20.6. The molecule has 0 unspecified atom stereocenters. The lowest BCUT2D eigenvalue weighted by molar-refractivity contribution is -0.113. The molecule has 3 rings (SSSR count). The third-order valence-electron chi connectivity index (χ3n) is 3.61. The number of hydrogen-bond acceptors (Lipinski definition) is 8. The molecule has 0 bridgehead atoms. The summed E-state index contributed by atoms with van der Waals surface area (Å²) in [5.41, 5.74) is 4.12. The lowest BCUT2D eigenvalue weighted by atomic mass is 10.2. The zero-order valence-corrected chi connectivity index (χ0v) is 16.9. The van der Waals surface area contributed by atoms with Gasteiger partial charge >= 0.3 is 0 Å². The largest absolute Gasteiger partial charge is 0.496 e. The first-order chi connectivity index (χ1) is 14.1. The summed E-state index contributed by atoms with van der Waals surface area (Å²) in [6.45, 7) is 0. The van der Waals surface area contributed by atoms with Crippen molar-refractivity contribution in [3.63, 3.8) is 0 Å². The predicted octanol–water partition coefficient (Wildman–Crippen LogP) is 2.83. The minimum atomic E-state index is -0.219. The summed E-state index contributed by atoms with van der Waals surface area (Å²) in [5, 5.41) is 15.6. The van der Waals surface area contributed by atoms with Crippen LogP contribution in [0.4, 0.5) is 11.6 Å². The number of nitrogens with zero attached hydrogens (tertiary/aromatic N) is 4. The lowest BCUT2D eigenvalue weighted by Gasteiger charge is -2.06. The quantitative estimate of drug-likeness (QED) is 0.217. The Kier molecular flexibility index (Phi) is 6.93. The molecule has 11 heteroatoms. The van der Waals surface area contributed by atoms with Gasteiger partial charge in [0.2, 0.25) is 11.1 Å². The smallest absolute Gasteiger partial charge is 0.264 e. The summed E-state index contributed by atoms with van der Waals surface area (Å²) >= 11 is 7.05. The van der Waals surface area contributed by atoms with E-state index in [1.807, 2.05) is 24.3 Å². The monoisotopic (exact) mass is 431 g/mol. The van der Waals surface area contributed by atoms with E-state index in [4.69, 9.17) is 22.2 Å². The minimum Gasteiger partial charge on any atom is -0.496 e. The van der Waals surface area contributed by atoms with Gasteiger partial charge in [-0.3, -0.25) is 4.79 Å². The second-order valence-electron chi connectivity index (χ2n) is 5.64. The number of halogens is 1. The molecule has 0 spiro atoms. The number of rotatable bonds is 8. The van der Waals surface area contributed by atoms with Gasteiger partial charge in [0.25, 0.3) is 5.95 Å². The molecule has 0 saturated carbocycles. The van der Waals surface area contributed by atoms with Crippen molar-refractivity contribution in [3.05, 3.63) is 59.1 Å². The maximum Gasteiger partial charge on any atom is 0.264 e. The zero-order valence-electron chi connectivity index (χ0n) is 15.4. The van der Waals surface area contributed by atoms with Crippen molar-refractivity contribution in [2.24, 2.45) is 5.10 Å². The summed E-state index contributed by atoms with van der Waals surface area (Å²) in [7, 11) is 1.59. The molecule has 2 aromatic carbocycles. The van der Waals surface area contributed by atoms with Gasteiger partial charge in [0.15, 0.2) is 0 Å². The average Bonchev–Trinajstić information content (AvgIpc) is 3.06. The van der Waals surface area contributed by atoms with E-state index in [1.165, 1.54) is 4.68 Å². The molecule has 29 heavy (non-hydrogen) atoms. The second kappa shape index (κ2) is 9.80. The molecule has 0 radical (unpaired) electrons.